The van der Waals surface area contributed by atoms with E-state index in [1.807, 2.05) is 13.8 Å². The fourth-order valence-electron chi connectivity index (χ4n) is 3.14. The van der Waals surface area contributed by atoms with Crippen molar-refractivity contribution in [2.45, 2.75) is 20.3 Å². The number of pyridine rings is 1. The third kappa shape index (κ3) is 2.66. The molecule has 126 valence electrons. The number of aliphatic carboxylic acids is 1. The van der Waals surface area contributed by atoms with Gasteiger partial charge in [-0.15, -0.1) is 0 Å². The minimum Gasteiger partial charge on any atom is -0.481 e. The molecule has 0 aliphatic carbocycles. The summed E-state index contributed by atoms with van der Waals surface area (Å²) in [7, 11) is 0. The smallest absolute Gasteiger partial charge is 0.311 e. The number of hydrogen-bond acceptors (Lipinski definition) is 4. The van der Waals surface area contributed by atoms with Crippen molar-refractivity contribution in [2.75, 3.05) is 13.1 Å². The molecule has 7 nitrogen and oxygen atoms in total. The van der Waals surface area contributed by atoms with Crippen LogP contribution in [0.5, 0.6) is 0 Å². The molecule has 3 heterocycles. The maximum atomic E-state index is 12.7. The fourth-order valence-corrected chi connectivity index (χ4v) is 3.14. The summed E-state index contributed by atoms with van der Waals surface area (Å²) in [6, 6.07) is 6.94. The Morgan fingerprint density at radius 1 is 1.29 bits per heavy atom. The molecule has 2 aromatic heterocycles. The SMILES string of the molecule is CC(C)C1(C(=O)O)CCN(C(=O)c2cccc(-n3cccn3)n2)C1. The van der Waals surface area contributed by atoms with E-state index in [-0.39, 0.29) is 18.4 Å². The number of hydrogen-bond donors (Lipinski definition) is 1. The molecule has 1 N–H and O–H groups in total. The van der Waals surface area contributed by atoms with E-state index in [9.17, 15) is 14.7 Å². The van der Waals surface area contributed by atoms with Crippen LogP contribution in [-0.2, 0) is 4.79 Å². The van der Waals surface area contributed by atoms with Gasteiger partial charge in [-0.3, -0.25) is 9.59 Å². The molecule has 0 bridgehead atoms. The third-order valence-corrected chi connectivity index (χ3v) is 4.81. The topological polar surface area (TPSA) is 88.3 Å². The molecule has 1 aliphatic heterocycles. The zero-order chi connectivity index (χ0) is 17.3. The Hall–Kier alpha value is -2.70. The van der Waals surface area contributed by atoms with Crippen LogP contribution >= 0.6 is 0 Å². The number of nitrogens with zero attached hydrogens (tertiary/aromatic N) is 4. The molecule has 3 rings (SSSR count). The van der Waals surface area contributed by atoms with Crippen molar-refractivity contribution in [3.8, 4) is 5.82 Å². The van der Waals surface area contributed by atoms with Crippen molar-refractivity contribution in [2.24, 2.45) is 11.3 Å². The lowest BCUT2D eigenvalue weighted by atomic mass is 9.76. The van der Waals surface area contributed by atoms with Crippen molar-refractivity contribution >= 4 is 11.9 Å². The molecule has 0 aromatic carbocycles. The average Bonchev–Trinajstić information content (AvgIpc) is 3.24. The summed E-state index contributed by atoms with van der Waals surface area (Å²) in [4.78, 5) is 30.4. The molecule has 1 aliphatic rings. The Labute approximate surface area is 139 Å². The van der Waals surface area contributed by atoms with Gasteiger partial charge in [0.05, 0.1) is 5.41 Å². The Morgan fingerprint density at radius 3 is 2.67 bits per heavy atom. The summed E-state index contributed by atoms with van der Waals surface area (Å²) in [5.41, 5.74) is -0.581. The van der Waals surface area contributed by atoms with Crippen molar-refractivity contribution in [1.29, 1.82) is 0 Å². The van der Waals surface area contributed by atoms with E-state index >= 15 is 0 Å². The van der Waals surface area contributed by atoms with Gasteiger partial charge >= 0.3 is 5.97 Å². The first-order chi connectivity index (χ1) is 11.4. The van der Waals surface area contributed by atoms with Crippen molar-refractivity contribution in [1.82, 2.24) is 19.7 Å². The van der Waals surface area contributed by atoms with E-state index < -0.39 is 11.4 Å². The molecule has 1 amide bonds. The van der Waals surface area contributed by atoms with Crippen LogP contribution in [0.4, 0.5) is 0 Å². The maximum Gasteiger partial charge on any atom is 0.311 e. The summed E-state index contributed by atoms with van der Waals surface area (Å²) in [5.74, 6) is -0.576. The highest BCUT2D eigenvalue weighted by molar-refractivity contribution is 5.93. The number of amides is 1. The lowest BCUT2D eigenvalue weighted by molar-refractivity contribution is -0.150. The van der Waals surface area contributed by atoms with Crippen molar-refractivity contribution < 1.29 is 14.7 Å². The lowest BCUT2D eigenvalue weighted by Gasteiger charge is -2.28. The zero-order valence-electron chi connectivity index (χ0n) is 13.7. The van der Waals surface area contributed by atoms with Crippen LogP contribution in [0.2, 0.25) is 0 Å². The monoisotopic (exact) mass is 328 g/mol. The van der Waals surface area contributed by atoms with Gasteiger partial charge in [-0.2, -0.15) is 5.10 Å². The van der Waals surface area contributed by atoms with Crippen LogP contribution in [0.3, 0.4) is 0 Å². The summed E-state index contributed by atoms with van der Waals surface area (Å²) in [5, 5.41) is 13.7. The highest BCUT2D eigenvalue weighted by Crippen LogP contribution is 2.38. The van der Waals surface area contributed by atoms with Crippen LogP contribution in [-0.4, -0.2) is 49.7 Å². The molecule has 1 unspecified atom stereocenters. The Kier molecular flexibility index (Phi) is 4.09. The third-order valence-electron chi connectivity index (χ3n) is 4.81. The first-order valence-corrected chi connectivity index (χ1v) is 7.94. The Morgan fingerprint density at radius 2 is 2.08 bits per heavy atom. The number of rotatable bonds is 4. The summed E-state index contributed by atoms with van der Waals surface area (Å²) in [6.07, 6.45) is 3.85. The quantitative estimate of drug-likeness (QED) is 0.925. The first kappa shape index (κ1) is 16.2. The molecule has 1 atom stereocenters. The van der Waals surface area contributed by atoms with E-state index in [2.05, 4.69) is 10.1 Å². The van der Waals surface area contributed by atoms with Gasteiger partial charge in [0.25, 0.3) is 5.91 Å². The molecule has 0 spiro atoms. The predicted molar refractivity (Wildman–Crippen MR) is 86.8 cm³/mol. The van der Waals surface area contributed by atoms with Gasteiger partial charge in [-0.05, 0) is 30.5 Å². The number of likely N-dealkylation sites (tertiary alicyclic amines) is 1. The van der Waals surface area contributed by atoms with E-state index in [4.69, 9.17) is 0 Å². The molecule has 7 heteroatoms. The molecular weight excluding hydrogens is 308 g/mol. The normalized spacial score (nSPS) is 20.5. The van der Waals surface area contributed by atoms with E-state index in [1.165, 1.54) is 0 Å². The fraction of sp³-hybridized carbons (Fsp3) is 0.412. The number of carbonyl (C=O) groups excluding carboxylic acids is 1. The van der Waals surface area contributed by atoms with Crippen LogP contribution in [0.1, 0.15) is 30.8 Å². The summed E-state index contributed by atoms with van der Waals surface area (Å²) < 4.78 is 1.58. The first-order valence-electron chi connectivity index (χ1n) is 7.94. The van der Waals surface area contributed by atoms with Gasteiger partial charge in [-0.1, -0.05) is 19.9 Å². The number of carboxylic acids is 1. The summed E-state index contributed by atoms with van der Waals surface area (Å²) in [6.45, 7) is 4.42. The minimum atomic E-state index is -0.880. The van der Waals surface area contributed by atoms with Gasteiger partial charge in [-0.25, -0.2) is 9.67 Å². The van der Waals surface area contributed by atoms with E-state index in [0.717, 1.165) is 0 Å². The molecule has 1 fully saturated rings. The highest BCUT2D eigenvalue weighted by Gasteiger charge is 2.48. The zero-order valence-corrected chi connectivity index (χ0v) is 13.7. The van der Waals surface area contributed by atoms with Crippen LogP contribution in [0, 0.1) is 11.3 Å². The minimum absolute atomic E-state index is 0.0452. The molecule has 24 heavy (non-hydrogen) atoms. The maximum absolute atomic E-state index is 12.7. The Balaban J connectivity index is 1.83. The average molecular weight is 328 g/mol. The van der Waals surface area contributed by atoms with Crippen molar-refractivity contribution in [3.05, 3.63) is 42.4 Å². The standard InChI is InChI=1S/C17H20N4O3/c1-12(2)17(16(23)24)7-10-20(11-17)15(22)13-5-3-6-14(19-13)21-9-4-8-18-21/h3-6,8-9,12H,7,10-11H2,1-2H3,(H,23,24). The van der Waals surface area contributed by atoms with E-state index in [1.54, 1.807) is 46.2 Å². The second kappa shape index (κ2) is 6.07. The molecule has 2 aromatic rings. The van der Waals surface area contributed by atoms with E-state index in [0.29, 0.717) is 24.5 Å². The molecule has 1 saturated heterocycles. The largest absolute Gasteiger partial charge is 0.481 e. The van der Waals surface area contributed by atoms with Crippen molar-refractivity contribution in [3.63, 3.8) is 0 Å². The number of aromatic nitrogens is 3. The highest BCUT2D eigenvalue weighted by atomic mass is 16.4. The molecule has 0 saturated carbocycles. The second-order valence-corrected chi connectivity index (χ2v) is 6.42. The predicted octanol–water partition coefficient (Wildman–Crippen LogP) is 1.84. The van der Waals surface area contributed by atoms with Gasteiger partial charge in [0, 0.05) is 25.5 Å². The second-order valence-electron chi connectivity index (χ2n) is 6.42. The van der Waals surface area contributed by atoms with Crippen LogP contribution < -0.4 is 0 Å². The van der Waals surface area contributed by atoms with Gasteiger partial charge in [0.1, 0.15) is 5.69 Å². The summed E-state index contributed by atoms with van der Waals surface area (Å²) >= 11 is 0. The van der Waals surface area contributed by atoms with Crippen LogP contribution in [0.25, 0.3) is 5.82 Å². The Bertz CT molecular complexity index is 757. The lowest BCUT2D eigenvalue weighted by Crippen LogP contribution is -2.40. The van der Waals surface area contributed by atoms with Gasteiger partial charge in [0.2, 0.25) is 0 Å². The number of carbonyl (C=O) groups is 2. The molecular formula is C17H20N4O3. The van der Waals surface area contributed by atoms with Gasteiger partial charge in [0.15, 0.2) is 5.82 Å². The molecule has 0 radical (unpaired) electrons. The van der Waals surface area contributed by atoms with Crippen LogP contribution in [0.15, 0.2) is 36.7 Å². The van der Waals surface area contributed by atoms with Gasteiger partial charge < -0.3 is 10.0 Å². The number of carboxylic acid groups (broad SMARTS) is 1.